The monoisotopic (exact) mass is 418 g/mol. The van der Waals surface area contributed by atoms with Gasteiger partial charge in [-0.05, 0) is 24.3 Å². The van der Waals surface area contributed by atoms with Gasteiger partial charge in [-0.25, -0.2) is 0 Å². The second-order valence-corrected chi connectivity index (χ2v) is 7.13. The van der Waals surface area contributed by atoms with Crippen molar-refractivity contribution in [3.05, 3.63) is 58.1 Å². The third kappa shape index (κ3) is 3.10. The zero-order valence-electron chi connectivity index (χ0n) is 14.2. The first-order chi connectivity index (χ1) is 13.4. The molecule has 142 valence electrons. The number of benzene rings is 2. The van der Waals surface area contributed by atoms with Gasteiger partial charge in [0, 0.05) is 17.0 Å². The quantitative estimate of drug-likeness (QED) is 0.695. The first kappa shape index (κ1) is 18.4. The summed E-state index contributed by atoms with van der Waals surface area (Å²) in [6, 6.07) is 11.6. The van der Waals surface area contributed by atoms with Crippen LogP contribution in [0.4, 0.5) is 0 Å². The molecule has 1 unspecified atom stereocenters. The van der Waals surface area contributed by atoms with Crippen molar-refractivity contribution < 1.29 is 19.5 Å². The molecule has 1 aliphatic heterocycles. The van der Waals surface area contributed by atoms with Gasteiger partial charge in [0.2, 0.25) is 5.60 Å². The topological polar surface area (TPSA) is 107 Å². The summed E-state index contributed by atoms with van der Waals surface area (Å²) in [7, 11) is 0. The molecule has 3 aromatic rings. The summed E-state index contributed by atoms with van der Waals surface area (Å²) >= 11 is 12.1. The Morgan fingerprint density at radius 3 is 2.75 bits per heavy atom. The number of carboxylic acid groups (broad SMARTS) is 1. The number of para-hydroxylation sites is 1. The summed E-state index contributed by atoms with van der Waals surface area (Å²) in [6.07, 6.45) is -0.689. The molecule has 2 aromatic carbocycles. The van der Waals surface area contributed by atoms with Gasteiger partial charge in [0.25, 0.3) is 5.91 Å². The van der Waals surface area contributed by atoms with Crippen molar-refractivity contribution >= 4 is 51.8 Å². The van der Waals surface area contributed by atoms with E-state index in [9.17, 15) is 14.7 Å². The first-order valence-electron chi connectivity index (χ1n) is 8.17. The van der Waals surface area contributed by atoms with E-state index in [4.69, 9.17) is 28.0 Å². The minimum atomic E-state index is -1.76. The second kappa shape index (κ2) is 6.88. The lowest BCUT2D eigenvalue weighted by molar-refractivity contribution is -0.142. The maximum Gasteiger partial charge on any atom is 0.308 e. The molecule has 10 heteroatoms. The lowest BCUT2D eigenvalue weighted by Gasteiger charge is -2.22. The summed E-state index contributed by atoms with van der Waals surface area (Å²) < 4.78 is 1.04. The Kier molecular flexibility index (Phi) is 4.52. The highest BCUT2D eigenvalue weighted by atomic mass is 35.5. The number of fused-ring (bicyclic) bond motifs is 1. The Hall–Kier alpha value is -2.97. The van der Waals surface area contributed by atoms with E-state index in [1.807, 2.05) is 0 Å². The van der Waals surface area contributed by atoms with Gasteiger partial charge >= 0.3 is 5.97 Å². The Morgan fingerprint density at radius 1 is 1.21 bits per heavy atom. The van der Waals surface area contributed by atoms with Gasteiger partial charge in [-0.15, -0.1) is 5.10 Å². The molecule has 0 radical (unpaired) electrons. The smallest absolute Gasteiger partial charge is 0.308 e. The summed E-state index contributed by atoms with van der Waals surface area (Å²) in [5.74, 6) is -1.89. The van der Waals surface area contributed by atoms with Crippen LogP contribution in [-0.4, -0.2) is 43.3 Å². The first-order valence-corrected chi connectivity index (χ1v) is 8.93. The van der Waals surface area contributed by atoms with Crippen LogP contribution < -0.4 is 0 Å². The fourth-order valence-electron chi connectivity index (χ4n) is 3.09. The summed E-state index contributed by atoms with van der Waals surface area (Å²) in [5.41, 5.74) is 0.0379. The third-order valence-electron chi connectivity index (χ3n) is 4.40. The van der Waals surface area contributed by atoms with Crippen LogP contribution in [0.25, 0.3) is 11.0 Å². The van der Waals surface area contributed by atoms with E-state index in [0.29, 0.717) is 32.4 Å². The number of carboxylic acids is 1. The van der Waals surface area contributed by atoms with Crippen molar-refractivity contribution in [3.63, 3.8) is 0 Å². The maximum absolute atomic E-state index is 13.2. The van der Waals surface area contributed by atoms with Crippen LogP contribution in [0.1, 0.15) is 23.2 Å². The van der Waals surface area contributed by atoms with Crippen molar-refractivity contribution in [1.82, 2.24) is 15.0 Å². The molecule has 2 heterocycles. The van der Waals surface area contributed by atoms with Gasteiger partial charge in [0.15, 0.2) is 0 Å². The number of oxime groups is 1. The number of carbonyl (C=O) groups excluding carboxylic acids is 1. The van der Waals surface area contributed by atoms with Crippen LogP contribution >= 0.6 is 23.2 Å². The Bertz CT molecular complexity index is 1140. The molecule has 0 amide bonds. The number of hydrogen-bond acceptors (Lipinski definition) is 6. The normalized spacial score (nSPS) is 18.7. The highest BCUT2D eigenvalue weighted by molar-refractivity contribution is 6.37. The summed E-state index contributed by atoms with van der Waals surface area (Å²) in [5, 5.41) is 21.9. The Balaban J connectivity index is 1.73. The largest absolute Gasteiger partial charge is 0.481 e. The van der Waals surface area contributed by atoms with E-state index in [2.05, 4.69) is 15.5 Å². The summed E-state index contributed by atoms with van der Waals surface area (Å²) in [4.78, 5) is 30.1. The SMILES string of the molecule is O=C(O)CC1(C(=O)n2nnc3ccccc32)CC(c2ccc(Cl)cc2Cl)=NO1. The molecule has 1 aromatic heterocycles. The van der Waals surface area contributed by atoms with E-state index >= 15 is 0 Å². The lowest BCUT2D eigenvalue weighted by atomic mass is 9.90. The number of nitrogens with zero attached hydrogens (tertiary/aromatic N) is 4. The standard InChI is InChI=1S/C18H12Cl2N4O4/c19-10-5-6-11(12(20)7-10)14-8-18(28-22-14,9-16(25)26)17(27)24-15-4-2-1-3-13(15)21-23-24/h1-7H,8-9H2,(H,25,26). The molecule has 1 aliphatic rings. The van der Waals surface area contributed by atoms with Gasteiger partial charge in [0.1, 0.15) is 5.52 Å². The molecule has 28 heavy (non-hydrogen) atoms. The van der Waals surface area contributed by atoms with Gasteiger partial charge < -0.3 is 9.94 Å². The third-order valence-corrected chi connectivity index (χ3v) is 4.94. The van der Waals surface area contributed by atoms with E-state index in [1.54, 1.807) is 36.4 Å². The number of rotatable bonds is 4. The van der Waals surface area contributed by atoms with Crippen LogP contribution in [-0.2, 0) is 9.63 Å². The molecule has 4 rings (SSSR count). The zero-order chi connectivity index (χ0) is 19.9. The molecule has 0 saturated heterocycles. The maximum atomic E-state index is 13.2. The zero-order valence-corrected chi connectivity index (χ0v) is 15.7. The van der Waals surface area contributed by atoms with E-state index < -0.39 is 23.9 Å². The minimum Gasteiger partial charge on any atom is -0.481 e. The van der Waals surface area contributed by atoms with Crippen LogP contribution in [0, 0.1) is 0 Å². The lowest BCUT2D eigenvalue weighted by Crippen LogP contribution is -2.45. The number of carbonyl (C=O) groups is 2. The fourth-order valence-corrected chi connectivity index (χ4v) is 3.60. The van der Waals surface area contributed by atoms with Crippen LogP contribution in [0.3, 0.4) is 0 Å². The Labute approximate surface area is 168 Å². The van der Waals surface area contributed by atoms with Crippen LogP contribution in [0.15, 0.2) is 47.6 Å². The summed E-state index contributed by atoms with van der Waals surface area (Å²) in [6.45, 7) is 0. The molecule has 1 atom stereocenters. The molecule has 8 nitrogen and oxygen atoms in total. The fraction of sp³-hybridized carbons (Fsp3) is 0.167. The van der Waals surface area contributed by atoms with Gasteiger partial charge in [-0.1, -0.05) is 51.8 Å². The average Bonchev–Trinajstić information content (AvgIpc) is 3.26. The van der Waals surface area contributed by atoms with E-state index in [-0.39, 0.29) is 6.42 Å². The molecular weight excluding hydrogens is 407 g/mol. The predicted molar refractivity (Wildman–Crippen MR) is 102 cm³/mol. The molecule has 1 N–H and O–H groups in total. The molecule has 0 bridgehead atoms. The van der Waals surface area contributed by atoms with Gasteiger partial charge in [0.05, 0.1) is 22.7 Å². The van der Waals surface area contributed by atoms with E-state index in [1.165, 1.54) is 6.07 Å². The van der Waals surface area contributed by atoms with Crippen molar-refractivity contribution in [2.45, 2.75) is 18.4 Å². The Morgan fingerprint density at radius 2 is 2.00 bits per heavy atom. The van der Waals surface area contributed by atoms with Crippen molar-refractivity contribution in [2.24, 2.45) is 5.16 Å². The molecular formula is C18H12Cl2N4O4. The van der Waals surface area contributed by atoms with Gasteiger partial charge in [-0.2, -0.15) is 4.68 Å². The van der Waals surface area contributed by atoms with E-state index in [0.717, 1.165) is 4.68 Å². The highest BCUT2D eigenvalue weighted by Gasteiger charge is 2.50. The number of halogens is 2. The highest BCUT2D eigenvalue weighted by Crippen LogP contribution is 2.35. The number of aromatic nitrogens is 3. The molecule has 0 fully saturated rings. The average molecular weight is 419 g/mol. The number of aliphatic carboxylic acids is 1. The van der Waals surface area contributed by atoms with Gasteiger partial charge in [-0.3, -0.25) is 9.59 Å². The van der Waals surface area contributed by atoms with Crippen molar-refractivity contribution in [1.29, 1.82) is 0 Å². The number of hydrogen-bond donors (Lipinski definition) is 1. The molecule has 0 spiro atoms. The second-order valence-electron chi connectivity index (χ2n) is 6.29. The molecule has 0 saturated carbocycles. The van der Waals surface area contributed by atoms with Crippen LogP contribution in [0.2, 0.25) is 10.0 Å². The predicted octanol–water partition coefficient (Wildman–Crippen LogP) is 3.42. The minimum absolute atomic E-state index is 0.0896. The van der Waals surface area contributed by atoms with Crippen LogP contribution in [0.5, 0.6) is 0 Å². The van der Waals surface area contributed by atoms with Crippen molar-refractivity contribution in [2.75, 3.05) is 0 Å². The molecule has 0 aliphatic carbocycles. The van der Waals surface area contributed by atoms with Crippen molar-refractivity contribution in [3.8, 4) is 0 Å².